The topological polar surface area (TPSA) is 40.5 Å². The van der Waals surface area contributed by atoms with E-state index in [1.807, 2.05) is 48.7 Å². The van der Waals surface area contributed by atoms with Crippen LogP contribution in [0, 0.1) is 0 Å². The predicted molar refractivity (Wildman–Crippen MR) is 103 cm³/mol. The van der Waals surface area contributed by atoms with E-state index in [9.17, 15) is 4.79 Å². The van der Waals surface area contributed by atoms with Gasteiger partial charge in [0.25, 0.3) is 5.56 Å². The van der Waals surface area contributed by atoms with Crippen LogP contribution in [0.2, 0.25) is 0 Å². The van der Waals surface area contributed by atoms with Crippen LogP contribution in [0.3, 0.4) is 0 Å². The lowest BCUT2D eigenvalue weighted by Gasteiger charge is -2.11. The molecule has 1 heterocycles. The zero-order chi connectivity index (χ0) is 18.4. The monoisotopic (exact) mass is 349 g/mol. The lowest BCUT2D eigenvalue weighted by Crippen LogP contribution is -2.20. The maximum absolute atomic E-state index is 12.2. The number of ether oxygens (including phenoxy) is 2. The van der Waals surface area contributed by atoms with Crippen LogP contribution < -0.4 is 15.0 Å². The Kier molecular flexibility index (Phi) is 5.74. The Morgan fingerprint density at radius 1 is 0.808 bits per heavy atom. The Balaban J connectivity index is 1.73. The van der Waals surface area contributed by atoms with Crippen molar-refractivity contribution in [2.45, 2.75) is 19.4 Å². The minimum absolute atomic E-state index is 0.0160. The van der Waals surface area contributed by atoms with Gasteiger partial charge in [0.2, 0.25) is 0 Å². The summed E-state index contributed by atoms with van der Waals surface area (Å²) in [6.07, 6.45) is 3.52. The van der Waals surface area contributed by atoms with Gasteiger partial charge in [-0.3, -0.25) is 4.79 Å². The fourth-order valence-electron chi connectivity index (χ4n) is 2.98. The summed E-state index contributed by atoms with van der Waals surface area (Å²) in [5, 5.41) is 0. The highest BCUT2D eigenvalue weighted by Gasteiger charge is 2.06. The molecule has 0 saturated carbocycles. The first-order chi connectivity index (χ1) is 12.7. The van der Waals surface area contributed by atoms with Gasteiger partial charge in [0.15, 0.2) is 11.5 Å². The lowest BCUT2D eigenvalue weighted by atomic mass is 10.1. The number of benzene rings is 2. The molecule has 4 nitrogen and oxygen atoms in total. The molecule has 0 radical (unpaired) electrons. The first-order valence-electron chi connectivity index (χ1n) is 8.64. The third-order valence-electron chi connectivity index (χ3n) is 4.39. The molecule has 0 fully saturated rings. The van der Waals surface area contributed by atoms with Crippen LogP contribution >= 0.6 is 0 Å². The summed E-state index contributed by atoms with van der Waals surface area (Å²) in [5.74, 6) is 1.41. The van der Waals surface area contributed by atoms with Crippen molar-refractivity contribution in [3.63, 3.8) is 0 Å². The molecule has 0 spiro atoms. The highest BCUT2D eigenvalue weighted by Crippen LogP contribution is 2.27. The molecule has 2 aromatic carbocycles. The molecule has 0 aliphatic carbocycles. The maximum Gasteiger partial charge on any atom is 0.250 e. The van der Waals surface area contributed by atoms with Crippen LogP contribution in [0.4, 0.5) is 0 Å². The van der Waals surface area contributed by atoms with Crippen LogP contribution in [-0.4, -0.2) is 18.8 Å². The van der Waals surface area contributed by atoms with E-state index < -0.39 is 0 Å². The van der Waals surface area contributed by atoms with E-state index in [1.54, 1.807) is 24.9 Å². The number of pyridine rings is 1. The number of aryl methyl sites for hydroxylation is 2. The van der Waals surface area contributed by atoms with Gasteiger partial charge in [-0.15, -0.1) is 0 Å². The average molecular weight is 349 g/mol. The van der Waals surface area contributed by atoms with Gasteiger partial charge in [-0.25, -0.2) is 0 Å². The number of hydrogen-bond acceptors (Lipinski definition) is 3. The summed E-state index contributed by atoms with van der Waals surface area (Å²) in [6, 6.07) is 19.7. The molecule has 0 amide bonds. The zero-order valence-corrected chi connectivity index (χ0v) is 15.1. The van der Waals surface area contributed by atoms with Gasteiger partial charge in [0.1, 0.15) is 0 Å². The molecule has 0 atom stereocenters. The summed E-state index contributed by atoms with van der Waals surface area (Å²) in [4.78, 5) is 12.2. The Labute approximate surface area is 153 Å². The van der Waals surface area contributed by atoms with Gasteiger partial charge >= 0.3 is 0 Å². The number of rotatable bonds is 7. The van der Waals surface area contributed by atoms with E-state index in [4.69, 9.17) is 9.47 Å². The Morgan fingerprint density at radius 3 is 2.27 bits per heavy atom. The molecule has 0 N–H and O–H groups in total. The van der Waals surface area contributed by atoms with Gasteiger partial charge in [0.05, 0.1) is 14.2 Å². The van der Waals surface area contributed by atoms with Crippen molar-refractivity contribution < 1.29 is 9.47 Å². The minimum atomic E-state index is 0.0160. The second-order valence-corrected chi connectivity index (χ2v) is 6.17. The van der Waals surface area contributed by atoms with Crippen LogP contribution in [0.15, 0.2) is 71.7 Å². The third kappa shape index (κ3) is 4.33. The van der Waals surface area contributed by atoms with Crippen molar-refractivity contribution >= 4 is 0 Å². The van der Waals surface area contributed by atoms with Crippen molar-refractivity contribution in [2.75, 3.05) is 14.2 Å². The molecule has 0 saturated heterocycles. The number of aromatic nitrogens is 1. The van der Waals surface area contributed by atoms with Crippen molar-refractivity contribution in [1.82, 2.24) is 4.57 Å². The fraction of sp³-hybridized carbons (Fsp3) is 0.227. The van der Waals surface area contributed by atoms with Gasteiger partial charge in [-0.2, -0.15) is 0 Å². The molecule has 134 valence electrons. The predicted octanol–water partition coefficient (Wildman–Crippen LogP) is 3.70. The van der Waals surface area contributed by atoms with E-state index in [0.29, 0.717) is 18.0 Å². The smallest absolute Gasteiger partial charge is 0.250 e. The maximum atomic E-state index is 12.2. The molecule has 1 aromatic heterocycles. The van der Waals surface area contributed by atoms with Crippen LogP contribution in [0.25, 0.3) is 0 Å². The van der Waals surface area contributed by atoms with Gasteiger partial charge in [0, 0.05) is 18.8 Å². The van der Waals surface area contributed by atoms with E-state index in [-0.39, 0.29) is 5.56 Å². The van der Waals surface area contributed by atoms with E-state index in [1.165, 1.54) is 5.56 Å². The molecule has 3 aromatic rings. The molecule has 26 heavy (non-hydrogen) atoms. The first kappa shape index (κ1) is 17.8. The van der Waals surface area contributed by atoms with Crippen molar-refractivity contribution in [3.05, 3.63) is 93.9 Å². The minimum Gasteiger partial charge on any atom is -0.493 e. The SMILES string of the molecule is COc1ccc(CCn2cc(Cc3ccccc3)ccc2=O)cc1OC. The molecule has 3 rings (SSSR count). The summed E-state index contributed by atoms with van der Waals surface area (Å²) < 4.78 is 12.4. The van der Waals surface area contributed by atoms with Gasteiger partial charge in [-0.05, 0) is 41.7 Å². The molecule has 0 bridgehead atoms. The van der Waals surface area contributed by atoms with E-state index in [0.717, 1.165) is 24.0 Å². The first-order valence-corrected chi connectivity index (χ1v) is 8.64. The molecule has 0 unspecified atom stereocenters. The standard InChI is InChI=1S/C22H23NO3/c1-25-20-10-8-18(15-21(20)26-2)12-13-23-16-19(9-11-22(23)24)14-17-6-4-3-5-7-17/h3-11,15-16H,12-14H2,1-2H3. The summed E-state index contributed by atoms with van der Waals surface area (Å²) in [6.45, 7) is 0.622. The molecular weight excluding hydrogens is 326 g/mol. The highest BCUT2D eigenvalue weighted by atomic mass is 16.5. The summed E-state index contributed by atoms with van der Waals surface area (Å²) >= 11 is 0. The normalized spacial score (nSPS) is 10.5. The van der Waals surface area contributed by atoms with Crippen LogP contribution in [0.5, 0.6) is 11.5 Å². The third-order valence-corrected chi connectivity index (χ3v) is 4.39. The second-order valence-electron chi connectivity index (χ2n) is 6.17. The summed E-state index contributed by atoms with van der Waals surface area (Å²) in [5.41, 5.74) is 3.48. The van der Waals surface area contributed by atoms with E-state index in [2.05, 4.69) is 12.1 Å². The quantitative estimate of drug-likeness (QED) is 0.653. The molecule has 4 heteroatoms. The largest absolute Gasteiger partial charge is 0.493 e. The van der Waals surface area contributed by atoms with Gasteiger partial charge in [-0.1, -0.05) is 42.5 Å². The summed E-state index contributed by atoms with van der Waals surface area (Å²) in [7, 11) is 3.24. The average Bonchev–Trinajstić information content (AvgIpc) is 2.69. The van der Waals surface area contributed by atoms with Crippen molar-refractivity contribution in [3.8, 4) is 11.5 Å². The number of nitrogens with zero attached hydrogens (tertiary/aromatic N) is 1. The molecule has 0 aliphatic rings. The Bertz CT molecular complexity index is 916. The Hall–Kier alpha value is -3.01. The van der Waals surface area contributed by atoms with Crippen molar-refractivity contribution in [1.29, 1.82) is 0 Å². The number of methoxy groups -OCH3 is 2. The number of hydrogen-bond donors (Lipinski definition) is 0. The molecular formula is C22H23NO3. The molecule has 0 aliphatic heterocycles. The highest BCUT2D eigenvalue weighted by molar-refractivity contribution is 5.42. The Morgan fingerprint density at radius 2 is 1.54 bits per heavy atom. The fourth-order valence-corrected chi connectivity index (χ4v) is 2.98. The second kappa shape index (κ2) is 8.39. The van der Waals surface area contributed by atoms with Crippen LogP contribution in [0.1, 0.15) is 16.7 Å². The van der Waals surface area contributed by atoms with Crippen LogP contribution in [-0.2, 0) is 19.4 Å². The zero-order valence-electron chi connectivity index (χ0n) is 15.1. The van der Waals surface area contributed by atoms with Gasteiger partial charge < -0.3 is 14.0 Å². The van der Waals surface area contributed by atoms with E-state index >= 15 is 0 Å². The lowest BCUT2D eigenvalue weighted by molar-refractivity contribution is 0.354. The van der Waals surface area contributed by atoms with Crippen molar-refractivity contribution in [2.24, 2.45) is 0 Å².